The minimum absolute atomic E-state index is 0.0610. The number of benzene rings is 1. The van der Waals surface area contributed by atoms with Crippen molar-refractivity contribution in [2.45, 2.75) is 19.8 Å². The number of piperazine rings is 1. The van der Waals surface area contributed by atoms with Gasteiger partial charge in [0.2, 0.25) is 5.91 Å². The third kappa shape index (κ3) is 5.02. The van der Waals surface area contributed by atoms with Gasteiger partial charge in [-0.05, 0) is 55.8 Å². The van der Waals surface area contributed by atoms with Gasteiger partial charge in [0.15, 0.2) is 11.0 Å². The van der Waals surface area contributed by atoms with Gasteiger partial charge in [-0.2, -0.15) is 0 Å². The third-order valence-corrected chi connectivity index (χ3v) is 6.26. The van der Waals surface area contributed by atoms with E-state index < -0.39 is 0 Å². The second kappa shape index (κ2) is 9.62. The van der Waals surface area contributed by atoms with Crippen LogP contribution < -0.4 is 15.1 Å². The Morgan fingerprint density at radius 2 is 1.80 bits per heavy atom. The van der Waals surface area contributed by atoms with Crippen molar-refractivity contribution in [1.29, 1.82) is 0 Å². The number of carbonyl (C=O) groups excluding carboxylic acids is 1. The Morgan fingerprint density at radius 1 is 1.03 bits per heavy atom. The molecular weight excluding hydrogens is 400 g/mol. The molecule has 3 heterocycles. The molecule has 0 bridgehead atoms. The molecule has 1 amide bonds. The van der Waals surface area contributed by atoms with Crippen LogP contribution in [0, 0.1) is 5.92 Å². The van der Waals surface area contributed by atoms with Crippen molar-refractivity contribution in [2.24, 2.45) is 5.92 Å². The van der Waals surface area contributed by atoms with Crippen LogP contribution >= 0.6 is 11.6 Å². The third-order valence-electron chi connectivity index (χ3n) is 6.05. The summed E-state index contributed by atoms with van der Waals surface area (Å²) in [5.74, 6) is 0.758. The van der Waals surface area contributed by atoms with Gasteiger partial charge in [0.05, 0.1) is 5.92 Å². The first-order chi connectivity index (χ1) is 14.6. The average Bonchev–Trinajstić information content (AvgIpc) is 2.80. The van der Waals surface area contributed by atoms with Crippen molar-refractivity contribution in [2.75, 3.05) is 60.9 Å². The van der Waals surface area contributed by atoms with Crippen LogP contribution in [0.2, 0.25) is 5.15 Å². The predicted molar refractivity (Wildman–Crippen MR) is 121 cm³/mol. The molecule has 2 fully saturated rings. The van der Waals surface area contributed by atoms with Crippen molar-refractivity contribution in [3.8, 4) is 0 Å². The molecule has 0 aliphatic carbocycles. The SMILES string of the molecule is CCN1CCN(c2ccc(NC(=O)[C@H]3CCCN(c4ccc(Cl)nn4)C3)cc2)CC1. The highest BCUT2D eigenvalue weighted by Gasteiger charge is 2.27. The molecular formula is C22H29ClN6O. The summed E-state index contributed by atoms with van der Waals surface area (Å²) in [5, 5.41) is 11.5. The van der Waals surface area contributed by atoms with Crippen molar-refractivity contribution in [3.63, 3.8) is 0 Å². The maximum Gasteiger partial charge on any atom is 0.229 e. The highest BCUT2D eigenvalue weighted by molar-refractivity contribution is 6.29. The Labute approximate surface area is 183 Å². The number of halogens is 1. The predicted octanol–water partition coefficient (Wildman–Crippen LogP) is 3.13. The number of nitrogens with zero attached hydrogens (tertiary/aromatic N) is 5. The fourth-order valence-electron chi connectivity index (χ4n) is 4.20. The molecule has 1 N–H and O–H groups in total. The summed E-state index contributed by atoms with van der Waals surface area (Å²) in [5.41, 5.74) is 2.06. The monoisotopic (exact) mass is 428 g/mol. The zero-order valence-corrected chi connectivity index (χ0v) is 18.2. The van der Waals surface area contributed by atoms with Crippen LogP contribution in [0.3, 0.4) is 0 Å². The van der Waals surface area contributed by atoms with Crippen LogP contribution in [0.15, 0.2) is 36.4 Å². The van der Waals surface area contributed by atoms with Crippen molar-refractivity contribution < 1.29 is 4.79 Å². The molecule has 2 aliphatic heterocycles. The topological polar surface area (TPSA) is 64.6 Å². The average molecular weight is 429 g/mol. The van der Waals surface area contributed by atoms with Crippen LogP contribution in [0.1, 0.15) is 19.8 Å². The van der Waals surface area contributed by atoms with Crippen molar-refractivity contribution >= 4 is 34.7 Å². The number of rotatable bonds is 5. The molecule has 2 aliphatic rings. The molecule has 30 heavy (non-hydrogen) atoms. The van der Waals surface area contributed by atoms with Crippen LogP contribution in [-0.2, 0) is 4.79 Å². The van der Waals surface area contributed by atoms with Gasteiger partial charge in [0.25, 0.3) is 0 Å². The van der Waals surface area contributed by atoms with Gasteiger partial charge >= 0.3 is 0 Å². The van der Waals surface area contributed by atoms with Gasteiger partial charge < -0.3 is 20.0 Å². The molecule has 4 rings (SSSR count). The van der Waals surface area contributed by atoms with E-state index >= 15 is 0 Å². The highest BCUT2D eigenvalue weighted by atomic mass is 35.5. The molecule has 2 saturated heterocycles. The lowest BCUT2D eigenvalue weighted by atomic mass is 9.97. The first-order valence-corrected chi connectivity index (χ1v) is 11.1. The molecule has 160 valence electrons. The van der Waals surface area contributed by atoms with Gasteiger partial charge in [0, 0.05) is 50.6 Å². The Kier molecular flexibility index (Phi) is 6.69. The van der Waals surface area contributed by atoms with Gasteiger partial charge in [0.1, 0.15) is 0 Å². The summed E-state index contributed by atoms with van der Waals surface area (Å²) in [6.45, 7) is 9.14. The maximum absolute atomic E-state index is 12.8. The van der Waals surface area contributed by atoms with E-state index in [0.717, 1.165) is 63.6 Å². The number of amides is 1. The lowest BCUT2D eigenvalue weighted by Gasteiger charge is -2.35. The molecule has 0 radical (unpaired) electrons. The van der Waals surface area contributed by atoms with E-state index in [1.54, 1.807) is 6.07 Å². The van der Waals surface area contributed by atoms with Crippen LogP contribution in [0.5, 0.6) is 0 Å². The summed E-state index contributed by atoms with van der Waals surface area (Å²) in [6, 6.07) is 11.8. The number of likely N-dealkylation sites (N-methyl/N-ethyl adjacent to an activating group) is 1. The Morgan fingerprint density at radius 3 is 2.47 bits per heavy atom. The normalized spacial score (nSPS) is 20.3. The molecule has 0 spiro atoms. The quantitative estimate of drug-likeness (QED) is 0.789. The summed E-state index contributed by atoms with van der Waals surface area (Å²) in [7, 11) is 0. The number of carbonyl (C=O) groups is 1. The minimum Gasteiger partial charge on any atom is -0.369 e. The zero-order valence-electron chi connectivity index (χ0n) is 17.4. The Hall–Kier alpha value is -2.38. The first kappa shape index (κ1) is 20.9. The lowest BCUT2D eigenvalue weighted by Crippen LogP contribution is -2.46. The van der Waals surface area contributed by atoms with Crippen LogP contribution in [-0.4, -0.2) is 66.8 Å². The lowest BCUT2D eigenvalue weighted by molar-refractivity contribution is -0.120. The van der Waals surface area contributed by atoms with E-state index in [0.29, 0.717) is 11.7 Å². The summed E-state index contributed by atoms with van der Waals surface area (Å²) in [6.07, 6.45) is 1.83. The smallest absolute Gasteiger partial charge is 0.229 e. The van der Waals surface area contributed by atoms with Crippen molar-refractivity contribution in [3.05, 3.63) is 41.6 Å². The molecule has 1 aromatic carbocycles. The van der Waals surface area contributed by atoms with Crippen LogP contribution in [0.25, 0.3) is 0 Å². The summed E-state index contributed by atoms with van der Waals surface area (Å²) < 4.78 is 0. The molecule has 8 heteroatoms. The van der Waals surface area contributed by atoms with E-state index in [1.165, 1.54) is 5.69 Å². The fourth-order valence-corrected chi connectivity index (χ4v) is 4.30. The van der Waals surface area contributed by atoms with Gasteiger partial charge in [-0.1, -0.05) is 18.5 Å². The first-order valence-electron chi connectivity index (χ1n) is 10.7. The Bertz CT molecular complexity index is 836. The number of aromatic nitrogens is 2. The Balaban J connectivity index is 1.32. The standard InChI is InChI=1S/C22H29ClN6O/c1-2-27-12-14-28(15-13-27)19-7-5-18(6-8-19)24-22(30)17-4-3-11-29(16-17)21-10-9-20(23)25-26-21/h5-10,17H,2-4,11-16H2,1H3,(H,24,30)/t17-/m0/s1. The van der Waals surface area contributed by atoms with Crippen LogP contribution in [0.4, 0.5) is 17.2 Å². The molecule has 1 atom stereocenters. The number of hydrogen-bond donors (Lipinski definition) is 1. The molecule has 2 aromatic rings. The number of hydrogen-bond acceptors (Lipinski definition) is 6. The highest BCUT2D eigenvalue weighted by Crippen LogP contribution is 2.24. The summed E-state index contributed by atoms with van der Waals surface area (Å²) >= 11 is 5.83. The molecule has 0 unspecified atom stereocenters. The number of piperidine rings is 1. The summed E-state index contributed by atoms with van der Waals surface area (Å²) in [4.78, 5) is 19.8. The van der Waals surface area contributed by atoms with Gasteiger partial charge in [-0.25, -0.2) is 0 Å². The fraction of sp³-hybridized carbons (Fsp3) is 0.500. The molecule has 1 aromatic heterocycles. The number of nitrogens with one attached hydrogen (secondary N) is 1. The van der Waals surface area contributed by atoms with E-state index in [1.807, 2.05) is 18.2 Å². The number of anilines is 3. The maximum atomic E-state index is 12.8. The van der Waals surface area contributed by atoms with E-state index in [4.69, 9.17) is 11.6 Å². The molecule has 0 saturated carbocycles. The van der Waals surface area contributed by atoms with E-state index in [-0.39, 0.29) is 11.8 Å². The minimum atomic E-state index is -0.0713. The van der Waals surface area contributed by atoms with E-state index in [9.17, 15) is 4.79 Å². The largest absolute Gasteiger partial charge is 0.369 e. The van der Waals surface area contributed by atoms with Gasteiger partial charge in [-0.15, -0.1) is 10.2 Å². The second-order valence-electron chi connectivity index (χ2n) is 7.96. The van der Waals surface area contributed by atoms with Crippen molar-refractivity contribution in [1.82, 2.24) is 15.1 Å². The zero-order chi connectivity index (χ0) is 20.9. The van der Waals surface area contributed by atoms with E-state index in [2.05, 4.69) is 49.3 Å². The van der Waals surface area contributed by atoms with Gasteiger partial charge in [-0.3, -0.25) is 4.79 Å². The molecule has 7 nitrogen and oxygen atoms in total. The second-order valence-corrected chi connectivity index (χ2v) is 8.34.